The van der Waals surface area contributed by atoms with Crippen molar-refractivity contribution in [2.75, 3.05) is 0 Å². The topological polar surface area (TPSA) is 73.8 Å². The van der Waals surface area contributed by atoms with E-state index >= 15 is 0 Å². The van der Waals surface area contributed by atoms with E-state index < -0.39 is 0 Å². The first kappa shape index (κ1) is 19.8. The maximum Gasteiger partial charge on any atom is 0.262 e. The molecule has 6 nitrogen and oxygen atoms in total. The van der Waals surface area contributed by atoms with E-state index in [2.05, 4.69) is 33.0 Å². The summed E-state index contributed by atoms with van der Waals surface area (Å²) in [5.74, 6) is 1.49. The molecule has 4 aromatic rings. The fraction of sp³-hybridized carbons (Fsp3) is 0.238. The maximum absolute atomic E-state index is 12.9. The number of thioether (sulfide) groups is 1. The van der Waals surface area contributed by atoms with Gasteiger partial charge in [-0.3, -0.25) is 9.36 Å². The summed E-state index contributed by atoms with van der Waals surface area (Å²) in [5, 5.41) is 5.38. The molecule has 0 saturated heterocycles. The van der Waals surface area contributed by atoms with Crippen LogP contribution in [0.25, 0.3) is 22.3 Å². The van der Waals surface area contributed by atoms with Crippen molar-refractivity contribution in [2.45, 2.75) is 37.2 Å². The van der Waals surface area contributed by atoms with Crippen LogP contribution in [-0.2, 0) is 12.3 Å². The Bertz CT molecular complexity index is 1190. The van der Waals surface area contributed by atoms with Crippen molar-refractivity contribution in [2.24, 2.45) is 0 Å². The zero-order chi connectivity index (χ0) is 20.2. The van der Waals surface area contributed by atoms with Crippen LogP contribution in [0.1, 0.15) is 25.7 Å². The van der Waals surface area contributed by atoms with Crippen molar-refractivity contribution in [1.29, 1.82) is 0 Å². The Labute approximate surface area is 180 Å². The molecule has 2 aromatic heterocycles. The van der Waals surface area contributed by atoms with Crippen LogP contribution in [0.4, 0.5) is 0 Å². The van der Waals surface area contributed by atoms with Gasteiger partial charge in [0, 0.05) is 16.6 Å². The van der Waals surface area contributed by atoms with E-state index in [9.17, 15) is 4.79 Å². The molecular formula is C21H19BrN4O2S. The normalized spacial score (nSPS) is 11.2. The summed E-state index contributed by atoms with van der Waals surface area (Å²) in [5.41, 5.74) is 1.58. The number of nitrogens with zero attached hydrogens (tertiary/aromatic N) is 4. The number of fused-ring (bicyclic) bond motifs is 1. The molecule has 0 radical (unpaired) electrons. The van der Waals surface area contributed by atoms with E-state index in [4.69, 9.17) is 9.51 Å². The summed E-state index contributed by atoms with van der Waals surface area (Å²) >= 11 is 4.86. The first-order chi connectivity index (χ1) is 14.2. The lowest BCUT2D eigenvalue weighted by Gasteiger charge is -2.12. The van der Waals surface area contributed by atoms with Crippen LogP contribution < -0.4 is 5.56 Å². The van der Waals surface area contributed by atoms with Crippen LogP contribution in [0, 0.1) is 0 Å². The average Bonchev–Trinajstić information content (AvgIpc) is 3.21. The number of hydrogen-bond donors (Lipinski definition) is 0. The molecule has 0 aliphatic carbocycles. The number of unbranched alkanes of at least 4 members (excludes halogenated alkanes) is 1. The Balaban J connectivity index is 1.59. The van der Waals surface area contributed by atoms with Crippen molar-refractivity contribution in [3.05, 3.63) is 69.2 Å². The lowest BCUT2D eigenvalue weighted by molar-refractivity contribution is 0.391. The molecule has 0 aliphatic heterocycles. The van der Waals surface area contributed by atoms with Crippen molar-refractivity contribution in [3.63, 3.8) is 0 Å². The summed E-state index contributed by atoms with van der Waals surface area (Å²) in [6, 6.07) is 15.2. The van der Waals surface area contributed by atoms with Crippen molar-refractivity contribution >= 4 is 38.6 Å². The number of hydrogen-bond acceptors (Lipinski definition) is 6. The smallest absolute Gasteiger partial charge is 0.262 e. The summed E-state index contributed by atoms with van der Waals surface area (Å²) in [6.45, 7) is 2.75. The van der Waals surface area contributed by atoms with Gasteiger partial charge in [-0.25, -0.2) is 4.98 Å². The second-order valence-corrected chi connectivity index (χ2v) is 8.39. The SMILES string of the molecule is CCCCn1c(SCc2nc(-c3ccc(Br)cc3)no2)nc2ccccc2c1=O. The standard InChI is InChI=1S/C21H19BrN4O2S/c1-2-3-12-26-20(27)16-6-4-5-7-17(16)23-21(26)29-13-18-24-19(25-28-18)14-8-10-15(22)11-9-14/h4-11H,2-3,12-13H2,1H3. The lowest BCUT2D eigenvalue weighted by atomic mass is 10.2. The molecule has 2 heterocycles. The van der Waals surface area contributed by atoms with Gasteiger partial charge in [0.1, 0.15) is 0 Å². The number of para-hydroxylation sites is 1. The molecule has 0 amide bonds. The largest absolute Gasteiger partial charge is 0.338 e. The molecule has 0 N–H and O–H groups in total. The molecule has 0 atom stereocenters. The van der Waals surface area contributed by atoms with Gasteiger partial charge in [-0.15, -0.1) is 0 Å². The van der Waals surface area contributed by atoms with Crippen LogP contribution >= 0.6 is 27.7 Å². The van der Waals surface area contributed by atoms with E-state index in [1.165, 1.54) is 11.8 Å². The predicted octanol–water partition coefficient (Wildman–Crippen LogP) is 5.30. The van der Waals surface area contributed by atoms with Gasteiger partial charge in [0.05, 0.1) is 16.7 Å². The van der Waals surface area contributed by atoms with Crippen molar-refractivity contribution < 1.29 is 4.52 Å². The van der Waals surface area contributed by atoms with Crippen LogP contribution in [0.15, 0.2) is 67.5 Å². The van der Waals surface area contributed by atoms with E-state index in [1.807, 2.05) is 48.5 Å². The highest BCUT2D eigenvalue weighted by Crippen LogP contribution is 2.24. The fourth-order valence-corrected chi connectivity index (χ4v) is 4.05. The molecule has 8 heteroatoms. The van der Waals surface area contributed by atoms with Crippen LogP contribution in [0.2, 0.25) is 0 Å². The third-order valence-electron chi connectivity index (χ3n) is 4.46. The molecule has 4 rings (SSSR count). The first-order valence-electron chi connectivity index (χ1n) is 9.36. The fourth-order valence-electron chi connectivity index (χ4n) is 2.93. The summed E-state index contributed by atoms with van der Waals surface area (Å²) < 4.78 is 8.15. The Hall–Kier alpha value is -2.45. The van der Waals surface area contributed by atoms with E-state index in [-0.39, 0.29) is 5.56 Å². The molecular weight excluding hydrogens is 452 g/mol. The Morgan fingerprint density at radius 2 is 1.90 bits per heavy atom. The molecule has 0 aliphatic rings. The number of benzene rings is 2. The van der Waals surface area contributed by atoms with E-state index in [1.54, 1.807) is 4.57 Å². The molecule has 29 heavy (non-hydrogen) atoms. The molecule has 2 aromatic carbocycles. The third kappa shape index (κ3) is 4.43. The van der Waals surface area contributed by atoms with E-state index in [0.717, 1.165) is 22.9 Å². The highest BCUT2D eigenvalue weighted by molar-refractivity contribution is 9.10. The minimum absolute atomic E-state index is 0.00682. The van der Waals surface area contributed by atoms with E-state index in [0.29, 0.717) is 40.1 Å². The second-order valence-electron chi connectivity index (χ2n) is 6.53. The summed E-state index contributed by atoms with van der Waals surface area (Å²) in [6.07, 6.45) is 1.92. The maximum atomic E-state index is 12.9. The highest BCUT2D eigenvalue weighted by atomic mass is 79.9. The first-order valence-corrected chi connectivity index (χ1v) is 11.1. The summed E-state index contributed by atoms with van der Waals surface area (Å²) in [4.78, 5) is 22.1. The van der Waals surface area contributed by atoms with Gasteiger partial charge in [-0.1, -0.05) is 58.3 Å². The van der Waals surface area contributed by atoms with Gasteiger partial charge >= 0.3 is 0 Å². The van der Waals surface area contributed by atoms with Gasteiger partial charge in [-0.05, 0) is 42.8 Å². The highest BCUT2D eigenvalue weighted by Gasteiger charge is 2.14. The Morgan fingerprint density at radius 1 is 1.10 bits per heavy atom. The minimum atomic E-state index is -0.00682. The van der Waals surface area contributed by atoms with Gasteiger partial charge < -0.3 is 4.52 Å². The number of halogens is 1. The van der Waals surface area contributed by atoms with Crippen molar-refractivity contribution in [3.8, 4) is 11.4 Å². The number of aromatic nitrogens is 4. The van der Waals surface area contributed by atoms with Gasteiger partial charge in [0.15, 0.2) is 5.16 Å². The predicted molar refractivity (Wildman–Crippen MR) is 118 cm³/mol. The quantitative estimate of drug-likeness (QED) is 0.269. The van der Waals surface area contributed by atoms with Gasteiger partial charge in [0.2, 0.25) is 11.7 Å². The van der Waals surface area contributed by atoms with Crippen LogP contribution in [0.3, 0.4) is 0 Å². The minimum Gasteiger partial charge on any atom is -0.338 e. The lowest BCUT2D eigenvalue weighted by Crippen LogP contribution is -2.23. The zero-order valence-electron chi connectivity index (χ0n) is 15.8. The Kier molecular flexibility index (Phi) is 6.10. The van der Waals surface area contributed by atoms with Crippen LogP contribution in [0.5, 0.6) is 0 Å². The molecule has 0 bridgehead atoms. The monoisotopic (exact) mass is 470 g/mol. The molecule has 148 valence electrons. The Morgan fingerprint density at radius 3 is 2.69 bits per heavy atom. The molecule has 0 spiro atoms. The van der Waals surface area contributed by atoms with Crippen LogP contribution in [-0.4, -0.2) is 19.7 Å². The molecule has 0 saturated carbocycles. The second kappa shape index (κ2) is 8.92. The van der Waals surface area contributed by atoms with Gasteiger partial charge in [-0.2, -0.15) is 4.98 Å². The number of rotatable bonds is 7. The molecule has 0 fully saturated rings. The zero-order valence-corrected chi connectivity index (χ0v) is 18.2. The third-order valence-corrected chi connectivity index (χ3v) is 5.95. The van der Waals surface area contributed by atoms with Crippen molar-refractivity contribution in [1.82, 2.24) is 19.7 Å². The average molecular weight is 471 g/mol. The summed E-state index contributed by atoms with van der Waals surface area (Å²) in [7, 11) is 0. The van der Waals surface area contributed by atoms with Gasteiger partial charge in [0.25, 0.3) is 5.56 Å². The molecule has 0 unspecified atom stereocenters.